The number of ether oxygens (including phenoxy) is 1. The number of hydrogen-bond donors (Lipinski definition) is 3. The van der Waals surface area contributed by atoms with Crippen molar-refractivity contribution in [2.24, 2.45) is 11.8 Å². The SMILES string of the molecule is CC(=O)Oc1ccc(C2NC(C(=O)O)(C(C)O)C3C(=O)N(c4ccc(C)c(Cl)c4)C(=O)C23)cc1. The van der Waals surface area contributed by atoms with Gasteiger partial charge in [-0.1, -0.05) is 29.8 Å². The van der Waals surface area contributed by atoms with E-state index in [1.54, 1.807) is 31.2 Å². The highest BCUT2D eigenvalue weighted by atomic mass is 35.5. The van der Waals surface area contributed by atoms with E-state index in [2.05, 4.69) is 5.32 Å². The summed E-state index contributed by atoms with van der Waals surface area (Å²) < 4.78 is 5.03. The molecule has 3 N–H and O–H groups in total. The van der Waals surface area contributed by atoms with Gasteiger partial charge in [-0.05, 0) is 49.2 Å². The van der Waals surface area contributed by atoms with Crippen LogP contribution in [-0.2, 0) is 19.2 Å². The molecule has 5 unspecified atom stereocenters. The Morgan fingerprint density at radius 1 is 1.15 bits per heavy atom. The summed E-state index contributed by atoms with van der Waals surface area (Å²) >= 11 is 6.21. The van der Waals surface area contributed by atoms with E-state index in [1.165, 1.54) is 32.0 Å². The van der Waals surface area contributed by atoms with Gasteiger partial charge in [0.1, 0.15) is 5.75 Å². The minimum absolute atomic E-state index is 0.230. The molecule has 2 aromatic rings. The van der Waals surface area contributed by atoms with Crippen LogP contribution in [0.2, 0.25) is 5.02 Å². The molecule has 2 heterocycles. The number of anilines is 1. The van der Waals surface area contributed by atoms with E-state index in [-0.39, 0.29) is 11.4 Å². The van der Waals surface area contributed by atoms with Crippen LogP contribution >= 0.6 is 11.6 Å². The molecule has 0 saturated carbocycles. The second-order valence-corrected chi connectivity index (χ2v) is 8.99. The molecule has 0 aliphatic carbocycles. The third kappa shape index (κ3) is 3.56. The number of aliphatic hydroxyl groups is 1. The Hall–Kier alpha value is -3.27. The summed E-state index contributed by atoms with van der Waals surface area (Å²) in [4.78, 5) is 51.8. The normalized spacial score (nSPS) is 27.0. The number of rotatable bonds is 5. The summed E-state index contributed by atoms with van der Waals surface area (Å²) in [7, 11) is 0. The Kier molecular flexibility index (Phi) is 5.97. The van der Waals surface area contributed by atoms with Crippen molar-refractivity contribution < 1.29 is 34.1 Å². The molecule has 2 amide bonds. The highest BCUT2D eigenvalue weighted by Gasteiger charge is 2.70. The lowest BCUT2D eigenvalue weighted by Crippen LogP contribution is -2.62. The molecule has 10 heteroatoms. The van der Waals surface area contributed by atoms with Crippen LogP contribution < -0.4 is 15.0 Å². The van der Waals surface area contributed by atoms with Gasteiger partial charge >= 0.3 is 11.9 Å². The number of fused-ring (bicyclic) bond motifs is 1. The summed E-state index contributed by atoms with van der Waals surface area (Å²) in [5, 5.41) is 23.9. The maximum absolute atomic E-state index is 13.6. The smallest absolute Gasteiger partial charge is 0.327 e. The molecular weight excluding hydrogens is 464 g/mol. The fraction of sp³-hybridized carbons (Fsp3) is 0.333. The van der Waals surface area contributed by atoms with Crippen LogP contribution in [0.5, 0.6) is 5.75 Å². The average molecular weight is 487 g/mol. The number of carboxylic acids is 1. The highest BCUT2D eigenvalue weighted by Crippen LogP contribution is 2.51. The summed E-state index contributed by atoms with van der Waals surface area (Å²) in [6.07, 6.45) is -1.50. The molecule has 2 aliphatic rings. The zero-order valence-electron chi connectivity index (χ0n) is 18.6. The predicted molar refractivity (Wildman–Crippen MR) is 121 cm³/mol. The van der Waals surface area contributed by atoms with Crippen LogP contribution in [0.25, 0.3) is 0 Å². The summed E-state index contributed by atoms with van der Waals surface area (Å²) in [6, 6.07) is 9.99. The lowest BCUT2D eigenvalue weighted by molar-refractivity contribution is -0.154. The Morgan fingerprint density at radius 3 is 2.32 bits per heavy atom. The molecule has 0 spiro atoms. The molecule has 0 bridgehead atoms. The number of aliphatic hydroxyl groups excluding tert-OH is 1. The van der Waals surface area contributed by atoms with Crippen molar-refractivity contribution in [1.82, 2.24) is 5.32 Å². The van der Waals surface area contributed by atoms with Gasteiger partial charge in [-0.25, -0.2) is 4.90 Å². The first kappa shape index (κ1) is 23.9. The summed E-state index contributed by atoms with van der Waals surface area (Å²) in [5.74, 6) is -5.47. The molecule has 2 saturated heterocycles. The van der Waals surface area contributed by atoms with Gasteiger partial charge in [0.05, 0.1) is 23.6 Å². The maximum atomic E-state index is 13.6. The second-order valence-electron chi connectivity index (χ2n) is 8.58. The molecular formula is C24H23ClN2O7. The van der Waals surface area contributed by atoms with Gasteiger partial charge in [-0.3, -0.25) is 24.5 Å². The number of aliphatic carboxylic acids is 1. The number of halogens is 1. The number of hydrogen-bond acceptors (Lipinski definition) is 7. The van der Waals surface area contributed by atoms with Crippen molar-refractivity contribution in [3.05, 3.63) is 58.6 Å². The summed E-state index contributed by atoms with van der Waals surface area (Å²) in [5.41, 5.74) is -0.616. The largest absolute Gasteiger partial charge is 0.480 e. The first-order chi connectivity index (χ1) is 16.0. The van der Waals surface area contributed by atoms with E-state index >= 15 is 0 Å². The minimum atomic E-state index is -2.10. The van der Waals surface area contributed by atoms with Gasteiger partial charge in [0.2, 0.25) is 11.8 Å². The zero-order valence-corrected chi connectivity index (χ0v) is 19.4. The van der Waals surface area contributed by atoms with E-state index in [1.807, 2.05) is 0 Å². The fourth-order valence-electron chi connectivity index (χ4n) is 4.87. The number of carboxylic acid groups (broad SMARTS) is 1. The van der Waals surface area contributed by atoms with Gasteiger partial charge in [0.15, 0.2) is 5.54 Å². The third-order valence-corrected chi connectivity index (χ3v) is 6.93. The Balaban J connectivity index is 1.82. The molecule has 34 heavy (non-hydrogen) atoms. The summed E-state index contributed by atoms with van der Waals surface area (Å²) in [6.45, 7) is 4.31. The minimum Gasteiger partial charge on any atom is -0.480 e. The molecule has 2 aliphatic heterocycles. The topological polar surface area (TPSA) is 133 Å². The molecule has 4 rings (SSSR count). The van der Waals surface area contributed by atoms with Crippen LogP contribution in [0.1, 0.15) is 31.0 Å². The van der Waals surface area contributed by atoms with E-state index in [0.29, 0.717) is 10.6 Å². The predicted octanol–water partition coefficient (Wildman–Crippen LogP) is 2.23. The molecule has 5 atom stereocenters. The number of imide groups is 1. The van der Waals surface area contributed by atoms with Crippen LogP contribution in [0, 0.1) is 18.8 Å². The van der Waals surface area contributed by atoms with Crippen LogP contribution in [-0.4, -0.2) is 45.6 Å². The standard InChI is InChI=1S/C24H23ClN2O7/c1-11-4-7-15(10-17(11)25)27-21(30)18-19(22(27)31)24(12(2)28,23(32)33)26-20(18)14-5-8-16(9-6-14)34-13(3)29/h4-10,12,18-20,26,28H,1-3H3,(H,32,33). The number of aryl methyl sites for hydroxylation is 1. The molecule has 9 nitrogen and oxygen atoms in total. The first-order valence-corrected chi connectivity index (χ1v) is 11.0. The third-order valence-electron chi connectivity index (χ3n) is 6.52. The second kappa shape index (κ2) is 8.50. The van der Waals surface area contributed by atoms with E-state index < -0.39 is 53.3 Å². The van der Waals surface area contributed by atoms with E-state index in [9.17, 15) is 29.4 Å². The van der Waals surface area contributed by atoms with Gasteiger partial charge in [0.25, 0.3) is 0 Å². The van der Waals surface area contributed by atoms with Crippen molar-refractivity contribution >= 4 is 41.0 Å². The zero-order chi connectivity index (χ0) is 24.9. The number of nitrogens with zero attached hydrogens (tertiary/aromatic N) is 1. The lowest BCUT2D eigenvalue weighted by atomic mass is 9.76. The Labute approximate surface area is 200 Å². The molecule has 0 aromatic heterocycles. The number of benzene rings is 2. The van der Waals surface area contributed by atoms with E-state index in [0.717, 1.165) is 10.5 Å². The Bertz CT molecular complexity index is 1200. The first-order valence-electron chi connectivity index (χ1n) is 10.6. The number of carbonyl (C=O) groups is 4. The average Bonchev–Trinajstić information content (AvgIpc) is 3.25. The van der Waals surface area contributed by atoms with Crippen LogP contribution in [0.3, 0.4) is 0 Å². The maximum Gasteiger partial charge on any atom is 0.327 e. The molecule has 2 aromatic carbocycles. The van der Waals surface area contributed by atoms with Crippen molar-refractivity contribution in [3.63, 3.8) is 0 Å². The van der Waals surface area contributed by atoms with Crippen molar-refractivity contribution in [3.8, 4) is 5.75 Å². The number of amides is 2. The van der Waals surface area contributed by atoms with Crippen molar-refractivity contribution in [1.29, 1.82) is 0 Å². The van der Waals surface area contributed by atoms with Gasteiger partial charge in [-0.2, -0.15) is 0 Å². The van der Waals surface area contributed by atoms with Gasteiger partial charge < -0.3 is 14.9 Å². The molecule has 0 radical (unpaired) electrons. The molecule has 178 valence electrons. The van der Waals surface area contributed by atoms with Crippen molar-refractivity contribution in [2.75, 3.05) is 4.90 Å². The number of esters is 1. The van der Waals surface area contributed by atoms with E-state index in [4.69, 9.17) is 16.3 Å². The quantitative estimate of drug-likeness (QED) is 0.333. The monoisotopic (exact) mass is 486 g/mol. The van der Waals surface area contributed by atoms with Gasteiger partial charge in [-0.15, -0.1) is 0 Å². The number of carbonyl (C=O) groups excluding carboxylic acids is 3. The Morgan fingerprint density at radius 2 is 1.79 bits per heavy atom. The van der Waals surface area contributed by atoms with Crippen molar-refractivity contribution in [2.45, 2.75) is 38.5 Å². The van der Waals surface area contributed by atoms with Crippen LogP contribution in [0.4, 0.5) is 5.69 Å². The number of nitrogens with one attached hydrogen (secondary N) is 1. The van der Waals surface area contributed by atoms with Gasteiger partial charge in [0, 0.05) is 18.0 Å². The highest BCUT2D eigenvalue weighted by molar-refractivity contribution is 6.32. The molecule has 2 fully saturated rings. The fourth-order valence-corrected chi connectivity index (χ4v) is 5.05. The van der Waals surface area contributed by atoms with Crippen LogP contribution in [0.15, 0.2) is 42.5 Å². The lowest BCUT2D eigenvalue weighted by Gasteiger charge is -2.33.